The monoisotopic (exact) mass is 719 g/mol. The van der Waals surface area contributed by atoms with Gasteiger partial charge in [0.05, 0.1) is 11.1 Å². The summed E-state index contributed by atoms with van der Waals surface area (Å²) in [7, 11) is 0. The third-order valence-electron chi connectivity index (χ3n) is 10.8. The molecule has 2 nitrogen and oxygen atoms in total. The molecule has 2 aromatic heterocycles. The zero-order chi connectivity index (χ0) is 36.3. The predicted molar refractivity (Wildman–Crippen MR) is 235 cm³/mol. The molecule has 11 rings (SSSR count). The van der Waals surface area contributed by atoms with Crippen LogP contribution in [0.15, 0.2) is 205 Å². The van der Waals surface area contributed by atoms with E-state index in [0.717, 1.165) is 61.1 Å². The number of anilines is 3. The van der Waals surface area contributed by atoms with Crippen molar-refractivity contribution in [2.24, 2.45) is 0 Å². The van der Waals surface area contributed by atoms with Gasteiger partial charge in [-0.05, 0) is 105 Å². The smallest absolute Gasteiger partial charge is 0.143 e. The lowest BCUT2D eigenvalue weighted by atomic mass is 9.96. The Kier molecular flexibility index (Phi) is 7.39. The van der Waals surface area contributed by atoms with E-state index in [-0.39, 0.29) is 0 Å². The van der Waals surface area contributed by atoms with Crippen molar-refractivity contribution in [3.8, 4) is 33.4 Å². The fourth-order valence-electron chi connectivity index (χ4n) is 8.21. The number of benzene rings is 9. The van der Waals surface area contributed by atoms with E-state index >= 15 is 0 Å². The van der Waals surface area contributed by atoms with E-state index in [9.17, 15) is 0 Å². The van der Waals surface area contributed by atoms with Crippen LogP contribution in [-0.2, 0) is 0 Å². The first-order chi connectivity index (χ1) is 27.2. The zero-order valence-electron chi connectivity index (χ0n) is 29.8. The molecule has 0 N–H and O–H groups in total. The first kappa shape index (κ1) is 31.6. The minimum absolute atomic E-state index is 0.863. The van der Waals surface area contributed by atoms with E-state index < -0.39 is 0 Å². The summed E-state index contributed by atoms with van der Waals surface area (Å²) in [4.78, 5) is 2.42. The summed E-state index contributed by atoms with van der Waals surface area (Å²) < 4.78 is 9.37. The first-order valence-corrected chi connectivity index (χ1v) is 19.5. The summed E-state index contributed by atoms with van der Waals surface area (Å²) in [6.45, 7) is 0. The fourth-order valence-corrected chi connectivity index (χ4v) is 9.30. The van der Waals surface area contributed by atoms with Crippen molar-refractivity contribution >= 4 is 81.3 Å². The van der Waals surface area contributed by atoms with Crippen molar-refractivity contribution in [2.75, 3.05) is 4.90 Å². The van der Waals surface area contributed by atoms with Gasteiger partial charge in [-0.3, -0.25) is 0 Å². The van der Waals surface area contributed by atoms with Crippen molar-refractivity contribution in [3.63, 3.8) is 0 Å². The normalized spacial score (nSPS) is 11.6. The summed E-state index contributed by atoms with van der Waals surface area (Å²) in [5, 5.41) is 7.07. The molecule has 0 aliphatic carbocycles. The molecule has 2 heterocycles. The van der Waals surface area contributed by atoms with Crippen LogP contribution in [0.2, 0.25) is 0 Å². The maximum absolute atomic E-state index is 6.75. The van der Waals surface area contributed by atoms with Crippen LogP contribution in [0.3, 0.4) is 0 Å². The van der Waals surface area contributed by atoms with Gasteiger partial charge >= 0.3 is 0 Å². The third kappa shape index (κ3) is 5.40. The van der Waals surface area contributed by atoms with Crippen LogP contribution in [0.4, 0.5) is 17.1 Å². The van der Waals surface area contributed by atoms with Crippen molar-refractivity contribution < 1.29 is 4.42 Å². The standard InChI is InChI=1S/C52H33NOS/c1-3-13-34(14-4-1)39-29-40(35-15-5-2-6-16-35)32-42(31-39)53(47-22-12-23-48-51(47)45-27-25-36-17-7-8-20-43(36)52(45)54-48)41-19-11-18-37(30-41)38-26-28-50-46(33-38)44-21-9-10-24-49(44)55-50/h1-33H. The SMILES string of the molecule is c1ccc(-c2cc(-c3ccccc3)cc(N(c3cccc(-c4ccc5sc6ccccc6c5c4)c3)c3cccc4oc5c6ccccc6ccc5c34)c2)cc1. The summed E-state index contributed by atoms with van der Waals surface area (Å²) >= 11 is 1.85. The molecule has 0 saturated carbocycles. The van der Waals surface area contributed by atoms with Crippen LogP contribution in [0, 0.1) is 0 Å². The zero-order valence-corrected chi connectivity index (χ0v) is 30.6. The highest BCUT2D eigenvalue weighted by Gasteiger charge is 2.22. The Hall–Kier alpha value is -6.94. The Bertz CT molecular complexity index is 3150. The quantitative estimate of drug-likeness (QED) is 0.170. The number of furan rings is 1. The van der Waals surface area contributed by atoms with Crippen molar-refractivity contribution in [1.29, 1.82) is 0 Å². The van der Waals surface area contributed by atoms with Crippen LogP contribution < -0.4 is 4.90 Å². The highest BCUT2D eigenvalue weighted by molar-refractivity contribution is 7.25. The van der Waals surface area contributed by atoms with Crippen LogP contribution in [0.1, 0.15) is 0 Å². The Morgan fingerprint density at radius 3 is 1.80 bits per heavy atom. The molecular formula is C52H33NOS. The molecule has 0 bridgehead atoms. The molecule has 0 spiro atoms. The van der Waals surface area contributed by atoms with Gasteiger partial charge < -0.3 is 9.32 Å². The Morgan fingerprint density at radius 1 is 0.364 bits per heavy atom. The van der Waals surface area contributed by atoms with Gasteiger partial charge in [-0.1, -0.05) is 133 Å². The minimum Gasteiger partial charge on any atom is -0.455 e. The highest BCUT2D eigenvalue weighted by Crippen LogP contribution is 2.47. The van der Waals surface area contributed by atoms with Crippen LogP contribution >= 0.6 is 11.3 Å². The van der Waals surface area contributed by atoms with E-state index in [1.54, 1.807) is 0 Å². The lowest BCUT2D eigenvalue weighted by molar-refractivity contribution is 0.672. The van der Waals surface area contributed by atoms with Gasteiger partial charge in [0.1, 0.15) is 11.2 Å². The van der Waals surface area contributed by atoms with Gasteiger partial charge in [-0.2, -0.15) is 0 Å². The van der Waals surface area contributed by atoms with E-state index in [0.29, 0.717) is 0 Å². The third-order valence-corrected chi connectivity index (χ3v) is 12.0. The molecule has 258 valence electrons. The van der Waals surface area contributed by atoms with E-state index in [1.165, 1.54) is 42.2 Å². The predicted octanol–water partition coefficient (Wildman–Crippen LogP) is 15.6. The Morgan fingerprint density at radius 2 is 1.00 bits per heavy atom. The molecule has 0 aliphatic rings. The molecule has 0 atom stereocenters. The van der Waals surface area contributed by atoms with Gasteiger partial charge in [-0.25, -0.2) is 0 Å². The van der Waals surface area contributed by atoms with Crippen molar-refractivity contribution in [2.45, 2.75) is 0 Å². The van der Waals surface area contributed by atoms with E-state index in [2.05, 4.69) is 205 Å². The molecule has 0 fully saturated rings. The molecule has 0 unspecified atom stereocenters. The molecule has 9 aromatic carbocycles. The van der Waals surface area contributed by atoms with E-state index in [1.807, 2.05) is 11.3 Å². The van der Waals surface area contributed by atoms with Gasteiger partial charge in [0, 0.05) is 42.3 Å². The Labute approximate surface area is 322 Å². The maximum Gasteiger partial charge on any atom is 0.143 e. The van der Waals surface area contributed by atoms with Crippen molar-refractivity contribution in [1.82, 2.24) is 0 Å². The van der Waals surface area contributed by atoms with Crippen LogP contribution in [0.25, 0.3) is 86.3 Å². The molecule has 0 radical (unpaired) electrons. The number of nitrogens with zero attached hydrogens (tertiary/aromatic N) is 1. The number of rotatable bonds is 6. The molecule has 55 heavy (non-hydrogen) atoms. The van der Waals surface area contributed by atoms with Gasteiger partial charge in [-0.15, -0.1) is 11.3 Å². The second kappa shape index (κ2) is 12.9. The number of hydrogen-bond acceptors (Lipinski definition) is 3. The summed E-state index contributed by atoms with van der Waals surface area (Å²) in [5.74, 6) is 0. The van der Waals surface area contributed by atoms with E-state index in [4.69, 9.17) is 4.42 Å². The Balaban J connectivity index is 1.18. The fraction of sp³-hybridized carbons (Fsp3) is 0. The second-order valence-corrected chi connectivity index (χ2v) is 15.2. The molecule has 0 amide bonds. The number of hydrogen-bond donors (Lipinski definition) is 0. The van der Waals surface area contributed by atoms with Gasteiger partial charge in [0.25, 0.3) is 0 Å². The lowest BCUT2D eigenvalue weighted by Gasteiger charge is -2.28. The number of thiophene rings is 1. The average molecular weight is 720 g/mol. The summed E-state index contributed by atoms with van der Waals surface area (Å²) in [6.07, 6.45) is 0. The molecular weight excluding hydrogens is 687 g/mol. The molecule has 11 aromatic rings. The molecule has 0 aliphatic heterocycles. The average Bonchev–Trinajstić information content (AvgIpc) is 3.83. The van der Waals surface area contributed by atoms with Gasteiger partial charge in [0.2, 0.25) is 0 Å². The summed E-state index contributed by atoms with van der Waals surface area (Å²) in [6, 6.07) is 72.3. The highest BCUT2D eigenvalue weighted by atomic mass is 32.1. The largest absolute Gasteiger partial charge is 0.455 e. The molecule has 3 heteroatoms. The second-order valence-electron chi connectivity index (χ2n) is 14.1. The maximum atomic E-state index is 6.75. The van der Waals surface area contributed by atoms with Crippen LogP contribution in [0.5, 0.6) is 0 Å². The lowest BCUT2D eigenvalue weighted by Crippen LogP contribution is -2.11. The topological polar surface area (TPSA) is 16.4 Å². The van der Waals surface area contributed by atoms with Crippen molar-refractivity contribution in [3.05, 3.63) is 200 Å². The minimum atomic E-state index is 0.863. The molecule has 0 saturated heterocycles. The summed E-state index contributed by atoms with van der Waals surface area (Å²) in [5.41, 5.74) is 12.0. The van der Waals surface area contributed by atoms with Gasteiger partial charge in [0.15, 0.2) is 0 Å². The first-order valence-electron chi connectivity index (χ1n) is 18.7. The number of fused-ring (bicyclic) bond motifs is 8. The van der Waals surface area contributed by atoms with Crippen LogP contribution in [-0.4, -0.2) is 0 Å².